The minimum atomic E-state index is -3.57. The van der Waals surface area contributed by atoms with Crippen molar-refractivity contribution in [2.45, 2.75) is 24.2 Å². The highest BCUT2D eigenvalue weighted by molar-refractivity contribution is 7.89. The Morgan fingerprint density at radius 1 is 1.03 bits per heavy atom. The minimum absolute atomic E-state index is 0.201. The average Bonchev–Trinajstić information content (AvgIpc) is 2.73. The molecule has 1 heterocycles. The van der Waals surface area contributed by atoms with Gasteiger partial charge in [0.1, 0.15) is 0 Å². The number of benzene rings is 2. The molecule has 1 aliphatic rings. The molecule has 29 heavy (non-hydrogen) atoms. The molecular formula is C22H27N3O3S. The predicted molar refractivity (Wildman–Crippen MR) is 117 cm³/mol. The lowest BCUT2D eigenvalue weighted by Crippen LogP contribution is -2.35. The molecule has 0 aromatic heterocycles. The van der Waals surface area contributed by atoms with Crippen LogP contribution in [0.5, 0.6) is 0 Å². The Morgan fingerprint density at radius 2 is 1.72 bits per heavy atom. The number of rotatable bonds is 6. The molecule has 0 saturated carbocycles. The van der Waals surface area contributed by atoms with Gasteiger partial charge in [-0.25, -0.2) is 8.42 Å². The molecule has 1 N–H and O–H groups in total. The molecule has 0 aliphatic carbocycles. The van der Waals surface area contributed by atoms with E-state index in [1.807, 2.05) is 49.3 Å². The number of nitrogens with zero attached hydrogens (tertiary/aromatic N) is 2. The zero-order chi connectivity index (χ0) is 20.9. The zero-order valence-electron chi connectivity index (χ0n) is 16.8. The summed E-state index contributed by atoms with van der Waals surface area (Å²) in [5.74, 6) is -0.315. The number of nitrogens with one attached hydrogen (secondary N) is 1. The lowest BCUT2D eigenvalue weighted by molar-refractivity contribution is -0.111. The number of carbonyl (C=O) groups excluding carboxylic acids is 1. The van der Waals surface area contributed by atoms with Crippen molar-refractivity contribution in [3.8, 4) is 0 Å². The van der Waals surface area contributed by atoms with Gasteiger partial charge < -0.3 is 10.2 Å². The lowest BCUT2D eigenvalue weighted by Gasteiger charge is -2.26. The Bertz CT molecular complexity index is 980. The van der Waals surface area contributed by atoms with Crippen molar-refractivity contribution in [1.82, 2.24) is 4.31 Å². The summed E-state index contributed by atoms with van der Waals surface area (Å²) in [5, 5.41) is 2.83. The van der Waals surface area contributed by atoms with E-state index in [1.54, 1.807) is 24.3 Å². The number of amides is 1. The fraction of sp³-hybridized carbons (Fsp3) is 0.318. The highest BCUT2D eigenvalue weighted by Crippen LogP contribution is 2.30. The van der Waals surface area contributed by atoms with Gasteiger partial charge in [0, 0.05) is 33.3 Å². The SMILES string of the molecule is CN(C)c1ccc(S(=O)(=O)N2CCCCC2)cc1NC(=O)/C=C/c1ccccc1. The van der Waals surface area contributed by atoms with Crippen LogP contribution < -0.4 is 10.2 Å². The van der Waals surface area contributed by atoms with Crippen molar-refractivity contribution in [3.05, 3.63) is 60.2 Å². The monoisotopic (exact) mass is 413 g/mol. The van der Waals surface area contributed by atoms with E-state index in [9.17, 15) is 13.2 Å². The molecule has 0 bridgehead atoms. The van der Waals surface area contributed by atoms with E-state index in [-0.39, 0.29) is 10.8 Å². The van der Waals surface area contributed by atoms with Crippen molar-refractivity contribution < 1.29 is 13.2 Å². The number of anilines is 2. The van der Waals surface area contributed by atoms with Crippen molar-refractivity contribution in [3.63, 3.8) is 0 Å². The van der Waals surface area contributed by atoms with Crippen LogP contribution in [-0.4, -0.2) is 45.8 Å². The van der Waals surface area contributed by atoms with Gasteiger partial charge in [0.05, 0.1) is 16.3 Å². The van der Waals surface area contributed by atoms with Gasteiger partial charge in [-0.15, -0.1) is 0 Å². The summed E-state index contributed by atoms with van der Waals surface area (Å²) in [6.07, 6.45) is 5.98. The molecular weight excluding hydrogens is 386 g/mol. The Balaban J connectivity index is 1.85. The third-order valence-corrected chi connectivity index (χ3v) is 6.78. The first kappa shape index (κ1) is 21.1. The van der Waals surface area contributed by atoms with Gasteiger partial charge in [-0.2, -0.15) is 4.31 Å². The van der Waals surface area contributed by atoms with Crippen LogP contribution in [0.15, 0.2) is 59.5 Å². The number of hydrogen-bond donors (Lipinski definition) is 1. The molecule has 2 aromatic carbocycles. The van der Waals surface area contributed by atoms with Crippen molar-refractivity contribution in [1.29, 1.82) is 0 Å². The van der Waals surface area contributed by atoms with Gasteiger partial charge >= 0.3 is 0 Å². The standard InChI is InChI=1S/C22H27N3O3S/c1-24(2)21-13-12-19(29(27,28)25-15-7-4-8-16-25)17-20(21)23-22(26)14-11-18-9-5-3-6-10-18/h3,5-6,9-14,17H,4,7-8,15-16H2,1-2H3,(H,23,26)/b14-11+. The summed E-state index contributed by atoms with van der Waals surface area (Å²) in [7, 11) is 0.129. The van der Waals surface area contributed by atoms with Crippen molar-refractivity contribution in [2.75, 3.05) is 37.4 Å². The van der Waals surface area contributed by atoms with Gasteiger partial charge in [-0.3, -0.25) is 4.79 Å². The molecule has 1 aliphatic heterocycles. The summed E-state index contributed by atoms with van der Waals surface area (Å²) in [5.41, 5.74) is 2.12. The molecule has 2 aromatic rings. The van der Waals surface area contributed by atoms with Gasteiger partial charge in [0.25, 0.3) is 0 Å². The molecule has 3 rings (SSSR count). The Kier molecular flexibility index (Phi) is 6.71. The number of piperidine rings is 1. The zero-order valence-corrected chi connectivity index (χ0v) is 17.7. The van der Waals surface area contributed by atoms with Gasteiger partial charge in [-0.1, -0.05) is 36.8 Å². The Morgan fingerprint density at radius 3 is 2.38 bits per heavy atom. The average molecular weight is 414 g/mol. The molecule has 7 heteroatoms. The molecule has 0 unspecified atom stereocenters. The summed E-state index contributed by atoms with van der Waals surface area (Å²) in [6.45, 7) is 1.08. The molecule has 1 amide bonds. The normalized spacial score (nSPS) is 15.4. The molecule has 1 saturated heterocycles. The van der Waals surface area contributed by atoms with E-state index in [0.717, 1.165) is 30.5 Å². The van der Waals surface area contributed by atoms with Crippen molar-refractivity contribution in [2.24, 2.45) is 0 Å². The topological polar surface area (TPSA) is 69.7 Å². The summed E-state index contributed by atoms with van der Waals surface area (Å²) in [4.78, 5) is 14.5. The first-order chi connectivity index (χ1) is 13.9. The maximum Gasteiger partial charge on any atom is 0.248 e. The molecule has 6 nitrogen and oxygen atoms in total. The van der Waals surface area contributed by atoms with Gasteiger partial charge in [0.2, 0.25) is 15.9 Å². The summed E-state index contributed by atoms with van der Waals surface area (Å²) < 4.78 is 27.5. The molecule has 0 spiro atoms. The Labute approximate surface area is 172 Å². The van der Waals surface area contributed by atoms with Gasteiger partial charge in [-0.05, 0) is 42.7 Å². The van der Waals surface area contributed by atoms with E-state index in [0.29, 0.717) is 18.8 Å². The maximum atomic E-state index is 13.0. The van der Waals surface area contributed by atoms with Crippen LogP contribution in [-0.2, 0) is 14.8 Å². The number of carbonyl (C=O) groups is 1. The quantitative estimate of drug-likeness (QED) is 0.735. The fourth-order valence-corrected chi connectivity index (χ4v) is 4.87. The van der Waals surface area contributed by atoms with Crippen molar-refractivity contribution >= 4 is 33.4 Å². The van der Waals surface area contributed by atoms with Crippen LogP contribution in [0.3, 0.4) is 0 Å². The fourth-order valence-electron chi connectivity index (χ4n) is 3.33. The van der Waals surface area contributed by atoms with Gasteiger partial charge in [0.15, 0.2) is 0 Å². The number of hydrogen-bond acceptors (Lipinski definition) is 4. The molecule has 0 radical (unpaired) electrons. The smallest absolute Gasteiger partial charge is 0.248 e. The van der Waals surface area contributed by atoms with Crippen LogP contribution >= 0.6 is 0 Å². The van der Waals surface area contributed by atoms with Crippen LogP contribution in [0.4, 0.5) is 11.4 Å². The maximum absolute atomic E-state index is 13.0. The highest BCUT2D eigenvalue weighted by atomic mass is 32.2. The van der Waals surface area contributed by atoms with E-state index < -0.39 is 10.0 Å². The number of sulfonamides is 1. The van der Waals surface area contributed by atoms with Crippen LogP contribution in [0.2, 0.25) is 0 Å². The molecule has 1 fully saturated rings. The third-order valence-electron chi connectivity index (χ3n) is 4.89. The second-order valence-electron chi connectivity index (χ2n) is 7.27. The first-order valence-electron chi connectivity index (χ1n) is 9.73. The van der Waals surface area contributed by atoms with E-state index in [1.165, 1.54) is 10.4 Å². The van der Waals surface area contributed by atoms with E-state index >= 15 is 0 Å². The Hall–Kier alpha value is -2.64. The molecule has 0 atom stereocenters. The second kappa shape index (κ2) is 9.24. The largest absolute Gasteiger partial charge is 0.376 e. The molecule has 154 valence electrons. The minimum Gasteiger partial charge on any atom is -0.376 e. The van der Waals surface area contributed by atoms with Crippen LogP contribution in [0.25, 0.3) is 6.08 Å². The second-order valence-corrected chi connectivity index (χ2v) is 9.21. The predicted octanol–water partition coefficient (Wildman–Crippen LogP) is 3.58. The highest BCUT2D eigenvalue weighted by Gasteiger charge is 2.26. The first-order valence-corrected chi connectivity index (χ1v) is 11.2. The summed E-state index contributed by atoms with van der Waals surface area (Å²) in [6, 6.07) is 14.4. The lowest BCUT2D eigenvalue weighted by atomic mass is 10.2. The van der Waals surface area contributed by atoms with E-state index in [2.05, 4.69) is 5.32 Å². The van der Waals surface area contributed by atoms with Crippen LogP contribution in [0.1, 0.15) is 24.8 Å². The van der Waals surface area contributed by atoms with E-state index in [4.69, 9.17) is 0 Å². The summed E-state index contributed by atoms with van der Waals surface area (Å²) >= 11 is 0. The van der Waals surface area contributed by atoms with Crippen LogP contribution in [0, 0.1) is 0 Å². The third kappa shape index (κ3) is 5.25.